The van der Waals surface area contributed by atoms with E-state index in [0.29, 0.717) is 5.92 Å². The number of hydrogen-bond donors (Lipinski definition) is 0. The smallest absolute Gasteiger partial charge is 0.131 e. The highest BCUT2D eigenvalue weighted by Crippen LogP contribution is 2.23. The van der Waals surface area contributed by atoms with Crippen LogP contribution < -0.4 is 4.74 Å². The van der Waals surface area contributed by atoms with Gasteiger partial charge in [0, 0.05) is 38.8 Å². The summed E-state index contributed by atoms with van der Waals surface area (Å²) >= 11 is 6.40. The lowest BCUT2D eigenvalue weighted by molar-refractivity contribution is 0.142. The first-order valence-corrected chi connectivity index (χ1v) is 10.6. The number of piperidine rings is 1. The SMILES string of the molecule is COc1ccccc1CCN1CCCC(CN(C)Cc2c(C)nn(C)c2Cl)C1. The van der Waals surface area contributed by atoms with E-state index in [4.69, 9.17) is 16.3 Å². The highest BCUT2D eigenvalue weighted by atomic mass is 35.5. The van der Waals surface area contributed by atoms with E-state index in [1.54, 1.807) is 11.8 Å². The minimum atomic E-state index is 0.701. The quantitative estimate of drug-likeness (QED) is 0.670. The van der Waals surface area contributed by atoms with Crippen LogP contribution in [-0.4, -0.2) is 59.9 Å². The Kier molecular flexibility index (Phi) is 7.38. The predicted octanol–water partition coefficient (Wildman–Crippen LogP) is 3.78. The normalized spacial score (nSPS) is 18.0. The van der Waals surface area contributed by atoms with Crippen molar-refractivity contribution in [2.75, 3.05) is 40.3 Å². The standard InChI is InChI=1S/C22H33ClN4O/c1-17-20(22(23)26(3)24-17)16-25(2)14-18-8-7-12-27(15-18)13-11-19-9-5-6-10-21(19)28-4/h5-6,9-10,18H,7-8,11-16H2,1-4H3. The molecule has 1 fully saturated rings. The summed E-state index contributed by atoms with van der Waals surface area (Å²) < 4.78 is 7.26. The molecule has 2 heterocycles. The van der Waals surface area contributed by atoms with Crippen LogP contribution in [0.5, 0.6) is 5.75 Å². The lowest BCUT2D eigenvalue weighted by atomic mass is 9.97. The second kappa shape index (κ2) is 9.77. The topological polar surface area (TPSA) is 33.5 Å². The molecule has 3 rings (SSSR count). The van der Waals surface area contributed by atoms with Gasteiger partial charge in [0.2, 0.25) is 0 Å². The third-order valence-corrected chi connectivity index (χ3v) is 6.23. The van der Waals surface area contributed by atoms with Crippen LogP contribution in [0.15, 0.2) is 24.3 Å². The third-order valence-electron chi connectivity index (χ3n) is 5.76. The minimum Gasteiger partial charge on any atom is -0.496 e. The molecule has 0 radical (unpaired) electrons. The van der Waals surface area contributed by atoms with E-state index in [1.165, 1.54) is 31.5 Å². The molecule has 0 saturated carbocycles. The molecular formula is C22H33ClN4O. The Morgan fingerprint density at radius 1 is 1.32 bits per heavy atom. The van der Waals surface area contributed by atoms with E-state index in [1.807, 2.05) is 20.0 Å². The second-order valence-corrected chi connectivity index (χ2v) is 8.40. The fraction of sp³-hybridized carbons (Fsp3) is 0.591. The van der Waals surface area contributed by atoms with E-state index >= 15 is 0 Å². The van der Waals surface area contributed by atoms with Crippen molar-refractivity contribution in [2.24, 2.45) is 13.0 Å². The van der Waals surface area contributed by atoms with Gasteiger partial charge < -0.3 is 14.5 Å². The molecule has 154 valence electrons. The summed E-state index contributed by atoms with van der Waals surface area (Å²) in [5, 5.41) is 5.19. The highest BCUT2D eigenvalue weighted by Gasteiger charge is 2.22. The average Bonchev–Trinajstić information content (AvgIpc) is 2.93. The van der Waals surface area contributed by atoms with Gasteiger partial charge in [-0.3, -0.25) is 4.68 Å². The van der Waals surface area contributed by atoms with Crippen LogP contribution in [0.1, 0.15) is 29.7 Å². The minimum absolute atomic E-state index is 0.701. The molecule has 28 heavy (non-hydrogen) atoms. The van der Waals surface area contributed by atoms with Crippen molar-refractivity contribution >= 4 is 11.6 Å². The predicted molar refractivity (Wildman–Crippen MR) is 115 cm³/mol. The first-order valence-electron chi connectivity index (χ1n) is 10.2. The van der Waals surface area contributed by atoms with E-state index in [0.717, 1.165) is 48.2 Å². The monoisotopic (exact) mass is 404 g/mol. The summed E-state index contributed by atoms with van der Waals surface area (Å²) in [5.74, 6) is 1.70. The van der Waals surface area contributed by atoms with Crippen molar-refractivity contribution in [1.29, 1.82) is 0 Å². The number of ether oxygens (including phenoxy) is 1. The number of nitrogens with zero attached hydrogens (tertiary/aromatic N) is 4. The van der Waals surface area contributed by atoms with E-state index in [9.17, 15) is 0 Å². The Morgan fingerprint density at radius 3 is 2.82 bits per heavy atom. The van der Waals surface area contributed by atoms with Crippen molar-refractivity contribution in [3.05, 3.63) is 46.2 Å². The Morgan fingerprint density at radius 2 is 2.11 bits per heavy atom. The maximum atomic E-state index is 6.40. The summed E-state index contributed by atoms with van der Waals surface area (Å²) in [7, 11) is 5.85. The van der Waals surface area contributed by atoms with E-state index in [-0.39, 0.29) is 0 Å². The molecule has 6 heteroatoms. The van der Waals surface area contributed by atoms with Gasteiger partial charge in [-0.05, 0) is 57.3 Å². The summed E-state index contributed by atoms with van der Waals surface area (Å²) in [6.07, 6.45) is 3.61. The van der Waals surface area contributed by atoms with Crippen molar-refractivity contribution in [1.82, 2.24) is 19.6 Å². The van der Waals surface area contributed by atoms with Crippen molar-refractivity contribution in [3.8, 4) is 5.75 Å². The Hall–Kier alpha value is -1.56. The number of aromatic nitrogens is 2. The summed E-state index contributed by atoms with van der Waals surface area (Å²) in [4.78, 5) is 5.00. The molecular weight excluding hydrogens is 372 g/mol. The van der Waals surface area contributed by atoms with Gasteiger partial charge in [-0.2, -0.15) is 5.10 Å². The molecule has 5 nitrogen and oxygen atoms in total. The van der Waals surface area contributed by atoms with Gasteiger partial charge in [0.05, 0.1) is 12.8 Å². The van der Waals surface area contributed by atoms with Crippen LogP contribution in [0, 0.1) is 12.8 Å². The van der Waals surface area contributed by atoms with Gasteiger partial charge in [0.1, 0.15) is 10.9 Å². The fourth-order valence-corrected chi connectivity index (χ4v) is 4.55. The lowest BCUT2D eigenvalue weighted by Gasteiger charge is -2.35. The number of halogens is 1. The maximum absolute atomic E-state index is 6.40. The number of likely N-dealkylation sites (tertiary alicyclic amines) is 1. The van der Waals surface area contributed by atoms with E-state index in [2.05, 4.69) is 40.1 Å². The van der Waals surface area contributed by atoms with Crippen molar-refractivity contribution in [3.63, 3.8) is 0 Å². The Labute approximate surface area is 174 Å². The van der Waals surface area contributed by atoms with Gasteiger partial charge in [0.15, 0.2) is 0 Å². The number of rotatable bonds is 8. The molecule has 0 aliphatic carbocycles. The average molecular weight is 405 g/mol. The summed E-state index contributed by atoms with van der Waals surface area (Å²) in [6.45, 7) is 7.44. The maximum Gasteiger partial charge on any atom is 0.131 e. The molecule has 0 spiro atoms. The number of hydrogen-bond acceptors (Lipinski definition) is 4. The molecule has 0 amide bonds. The Bertz CT molecular complexity index is 776. The number of aryl methyl sites for hydroxylation is 2. The molecule has 1 atom stereocenters. The molecule has 1 aromatic carbocycles. The molecule has 0 bridgehead atoms. The van der Waals surface area contributed by atoms with Crippen LogP contribution in [0.3, 0.4) is 0 Å². The molecule has 0 N–H and O–H groups in total. The zero-order chi connectivity index (χ0) is 20.1. The summed E-state index contributed by atoms with van der Waals surface area (Å²) in [5.41, 5.74) is 3.47. The second-order valence-electron chi connectivity index (χ2n) is 8.05. The molecule has 1 aromatic heterocycles. The molecule has 1 aliphatic rings. The van der Waals surface area contributed by atoms with Crippen molar-refractivity contribution in [2.45, 2.75) is 32.7 Å². The number of methoxy groups -OCH3 is 1. The molecule has 2 aromatic rings. The van der Waals surface area contributed by atoms with Crippen LogP contribution in [0.4, 0.5) is 0 Å². The Balaban J connectivity index is 1.50. The van der Waals surface area contributed by atoms with Crippen LogP contribution in [-0.2, 0) is 20.0 Å². The number of benzene rings is 1. The highest BCUT2D eigenvalue weighted by molar-refractivity contribution is 6.30. The van der Waals surface area contributed by atoms with Gasteiger partial charge in [0.25, 0.3) is 0 Å². The molecule has 1 aliphatic heterocycles. The largest absolute Gasteiger partial charge is 0.496 e. The third kappa shape index (κ3) is 5.28. The van der Waals surface area contributed by atoms with Gasteiger partial charge in [-0.25, -0.2) is 0 Å². The number of para-hydroxylation sites is 1. The van der Waals surface area contributed by atoms with E-state index < -0.39 is 0 Å². The van der Waals surface area contributed by atoms with Crippen LogP contribution >= 0.6 is 11.6 Å². The van der Waals surface area contributed by atoms with Crippen LogP contribution in [0.25, 0.3) is 0 Å². The lowest BCUT2D eigenvalue weighted by Crippen LogP contribution is -2.40. The summed E-state index contributed by atoms with van der Waals surface area (Å²) in [6, 6.07) is 8.35. The van der Waals surface area contributed by atoms with Gasteiger partial charge in [-0.15, -0.1) is 0 Å². The first-order chi connectivity index (χ1) is 13.5. The van der Waals surface area contributed by atoms with Crippen molar-refractivity contribution < 1.29 is 4.74 Å². The van der Waals surface area contributed by atoms with Crippen LogP contribution in [0.2, 0.25) is 5.15 Å². The first kappa shape index (κ1) is 21.2. The zero-order valence-electron chi connectivity index (χ0n) is 17.6. The van der Waals surface area contributed by atoms with Gasteiger partial charge >= 0.3 is 0 Å². The fourth-order valence-electron chi connectivity index (χ4n) is 4.32. The molecule has 1 saturated heterocycles. The van der Waals surface area contributed by atoms with Gasteiger partial charge in [-0.1, -0.05) is 29.8 Å². The zero-order valence-corrected chi connectivity index (χ0v) is 18.4. The molecule has 1 unspecified atom stereocenters.